The van der Waals surface area contributed by atoms with E-state index in [0.717, 1.165) is 61.2 Å². The molecule has 2 aromatic carbocycles. The highest BCUT2D eigenvalue weighted by Gasteiger charge is 2.30. The Morgan fingerprint density at radius 2 is 1.37 bits per heavy atom. The van der Waals surface area contributed by atoms with Crippen molar-refractivity contribution in [3.63, 3.8) is 0 Å². The summed E-state index contributed by atoms with van der Waals surface area (Å²) in [5.74, 6) is 1.16. The van der Waals surface area contributed by atoms with Crippen molar-refractivity contribution < 1.29 is 4.74 Å². The van der Waals surface area contributed by atoms with Crippen LogP contribution in [-0.4, -0.2) is 103 Å². The molecule has 12 heteroatoms. The fraction of sp³-hybridized carbons (Fsp3) is 0.379. The molecule has 2 aromatic heterocycles. The van der Waals surface area contributed by atoms with E-state index in [1.807, 2.05) is 24.3 Å². The van der Waals surface area contributed by atoms with Gasteiger partial charge in [0.1, 0.15) is 68.5 Å². The van der Waals surface area contributed by atoms with Crippen molar-refractivity contribution in [1.29, 1.82) is 0 Å². The van der Waals surface area contributed by atoms with Crippen LogP contribution in [0.3, 0.4) is 0 Å². The average molecular weight is 532 g/mol. The molecule has 41 heavy (non-hydrogen) atoms. The van der Waals surface area contributed by atoms with E-state index in [1.165, 1.54) is 12.8 Å². The van der Waals surface area contributed by atoms with Gasteiger partial charge in [-0.1, -0.05) is 23.1 Å². The number of hydrogen-bond donors (Lipinski definition) is 1. The number of rotatable bonds is 5. The first-order chi connectivity index (χ1) is 19.7. The molecule has 10 radical (unpaired) electrons. The van der Waals surface area contributed by atoms with E-state index < -0.39 is 0 Å². The first-order valence-electron chi connectivity index (χ1n) is 14.1. The molecule has 1 aliphatic heterocycles. The summed E-state index contributed by atoms with van der Waals surface area (Å²) in [6, 6.07) is 8.61. The highest BCUT2D eigenvalue weighted by molar-refractivity contribution is 6.67. The van der Waals surface area contributed by atoms with Crippen molar-refractivity contribution in [2.45, 2.75) is 37.8 Å². The summed E-state index contributed by atoms with van der Waals surface area (Å²) in [4.78, 5) is 14.1. The van der Waals surface area contributed by atoms with Crippen LogP contribution < -0.4 is 37.8 Å². The van der Waals surface area contributed by atoms with Crippen LogP contribution >= 0.6 is 0 Å². The van der Waals surface area contributed by atoms with Gasteiger partial charge >= 0.3 is 0 Å². The molecule has 1 saturated carbocycles. The molecule has 7 nitrogen and oxygen atoms in total. The molecule has 0 spiro atoms. The second-order valence-electron chi connectivity index (χ2n) is 11.2. The average Bonchev–Trinajstić information content (AvgIpc) is 3.39. The maximum Gasteiger partial charge on any atom is 0.146 e. The Bertz CT molecular complexity index is 1550. The van der Waals surface area contributed by atoms with Crippen molar-refractivity contribution in [1.82, 2.24) is 24.3 Å². The van der Waals surface area contributed by atoms with E-state index in [9.17, 15) is 0 Å². The number of nitrogens with zero attached hydrogens (tertiary/aromatic N) is 5. The molecule has 0 unspecified atom stereocenters. The number of nitrogen functional groups attached to an aromatic ring is 1. The molecular weight excluding hydrogens is 502 g/mol. The van der Waals surface area contributed by atoms with Crippen molar-refractivity contribution in [3.8, 4) is 22.6 Å². The molecule has 2 aliphatic rings. The van der Waals surface area contributed by atoms with Gasteiger partial charge in [0.15, 0.2) is 0 Å². The topological polar surface area (TPSA) is 72.4 Å². The van der Waals surface area contributed by atoms with Crippen molar-refractivity contribution in [2.24, 2.45) is 0 Å². The SMILES string of the molecule is [B]c1c([B])c([B])c(Oc2ccc(-c3cn(C4CCC(N5CCN(C)CC5)CC4)c4ncnc(N)c34)cc2)c([B])c1[B]. The smallest absolute Gasteiger partial charge is 0.146 e. The van der Waals surface area contributed by atoms with Crippen LogP contribution in [-0.2, 0) is 0 Å². The van der Waals surface area contributed by atoms with E-state index in [2.05, 4.69) is 37.6 Å². The Morgan fingerprint density at radius 1 is 0.780 bits per heavy atom. The fourth-order valence-electron chi connectivity index (χ4n) is 6.25. The summed E-state index contributed by atoms with van der Waals surface area (Å²) >= 11 is 0. The number of likely N-dealkylation sites (N-methyl/N-ethyl adjacent to an activating group) is 1. The van der Waals surface area contributed by atoms with Gasteiger partial charge in [-0.15, -0.1) is 16.4 Å². The molecule has 4 aromatic rings. The Morgan fingerprint density at radius 3 is 2.00 bits per heavy atom. The minimum absolute atomic E-state index is 0.143. The summed E-state index contributed by atoms with van der Waals surface area (Å²) in [6.07, 6.45) is 8.29. The Balaban J connectivity index is 1.25. The van der Waals surface area contributed by atoms with E-state index in [1.54, 1.807) is 6.33 Å². The maximum absolute atomic E-state index is 6.41. The number of benzene rings is 2. The number of anilines is 1. The van der Waals surface area contributed by atoms with Gasteiger partial charge in [-0.25, -0.2) is 9.97 Å². The molecule has 0 bridgehead atoms. The molecular formula is C29H29B5N6O. The molecule has 196 valence electrons. The predicted molar refractivity (Wildman–Crippen MR) is 171 cm³/mol. The predicted octanol–water partition coefficient (Wildman–Crippen LogP) is -0.827. The Labute approximate surface area is 248 Å². The van der Waals surface area contributed by atoms with Gasteiger partial charge < -0.3 is 19.9 Å². The zero-order chi connectivity index (χ0) is 28.8. The monoisotopic (exact) mass is 532 g/mol. The van der Waals surface area contributed by atoms with Gasteiger partial charge in [0, 0.05) is 50.0 Å². The zero-order valence-electron chi connectivity index (χ0n) is 23.4. The van der Waals surface area contributed by atoms with Gasteiger partial charge in [-0.05, 0) is 50.4 Å². The van der Waals surface area contributed by atoms with E-state index in [4.69, 9.17) is 49.7 Å². The van der Waals surface area contributed by atoms with E-state index in [-0.39, 0.29) is 33.1 Å². The molecule has 2 N–H and O–H groups in total. The number of piperazine rings is 1. The number of aromatic nitrogens is 3. The summed E-state index contributed by atoms with van der Waals surface area (Å²) in [5, 5.41) is 0.856. The Kier molecular flexibility index (Phi) is 7.72. The number of nitrogens with two attached hydrogens (primary N) is 1. The van der Waals surface area contributed by atoms with Crippen LogP contribution in [0.1, 0.15) is 31.7 Å². The first kappa shape index (κ1) is 28.0. The number of hydrogen-bond acceptors (Lipinski definition) is 6. The lowest BCUT2D eigenvalue weighted by atomic mass is 9.62. The lowest BCUT2D eigenvalue weighted by Crippen LogP contribution is -2.54. The first-order valence-corrected chi connectivity index (χ1v) is 14.1. The normalized spacial score (nSPS) is 20.4. The highest BCUT2D eigenvalue weighted by atomic mass is 16.5. The standard InChI is InChI=1S/C29H29B5N6O/c1-38-10-12-39(13-11-38)17-4-6-18(7-5-17)40-14-20(21-28(35)36-15-37-29(21)40)16-2-8-19(9-3-16)41-27-25(33)23(31)22(30)24(32)26(27)34/h2-3,8-9,14-15,17-18H,4-7,10-13H2,1H3,(H2,35,36,37). The van der Waals surface area contributed by atoms with Crippen LogP contribution in [0.25, 0.3) is 22.2 Å². The quantitative estimate of drug-likeness (QED) is 0.339. The lowest BCUT2D eigenvalue weighted by Gasteiger charge is -2.41. The van der Waals surface area contributed by atoms with E-state index in [0.29, 0.717) is 23.7 Å². The largest absolute Gasteiger partial charge is 0.459 e. The van der Waals surface area contributed by atoms with Crippen molar-refractivity contribution in [2.75, 3.05) is 39.0 Å². The highest BCUT2D eigenvalue weighted by Crippen LogP contribution is 2.39. The summed E-state index contributed by atoms with van der Waals surface area (Å²) < 4.78 is 8.30. The van der Waals surface area contributed by atoms with Gasteiger partial charge in [0.05, 0.1) is 5.39 Å². The van der Waals surface area contributed by atoms with Crippen LogP contribution in [0.4, 0.5) is 5.82 Å². The molecule has 1 aliphatic carbocycles. The molecule has 3 heterocycles. The second kappa shape index (κ2) is 11.3. The molecule has 0 amide bonds. The van der Waals surface area contributed by atoms with Gasteiger partial charge in [-0.3, -0.25) is 4.90 Å². The van der Waals surface area contributed by atoms with Crippen molar-refractivity contribution in [3.05, 3.63) is 36.8 Å². The molecule has 1 saturated heterocycles. The minimum atomic E-state index is 0.143. The maximum atomic E-state index is 6.41. The fourth-order valence-corrected chi connectivity index (χ4v) is 6.25. The third-order valence-corrected chi connectivity index (χ3v) is 8.79. The van der Waals surface area contributed by atoms with E-state index >= 15 is 0 Å². The molecule has 6 rings (SSSR count). The Hall–Kier alpha value is -3.10. The van der Waals surface area contributed by atoms with Gasteiger partial charge in [0.2, 0.25) is 0 Å². The third-order valence-electron chi connectivity index (χ3n) is 8.79. The molecule has 0 atom stereocenters. The van der Waals surface area contributed by atoms with Crippen LogP contribution in [0.2, 0.25) is 0 Å². The van der Waals surface area contributed by atoms with Crippen LogP contribution in [0, 0.1) is 0 Å². The summed E-state index contributed by atoms with van der Waals surface area (Å²) in [6.45, 7) is 4.61. The van der Waals surface area contributed by atoms with Crippen LogP contribution in [0.15, 0.2) is 36.8 Å². The molecule has 2 fully saturated rings. The van der Waals surface area contributed by atoms with Gasteiger partial charge in [-0.2, -0.15) is 0 Å². The number of ether oxygens (including phenoxy) is 1. The van der Waals surface area contributed by atoms with Crippen molar-refractivity contribution >= 4 is 83.4 Å². The number of fused-ring (bicyclic) bond motifs is 1. The zero-order valence-corrected chi connectivity index (χ0v) is 23.4. The summed E-state index contributed by atoms with van der Waals surface area (Å²) in [5.41, 5.74) is 9.94. The summed E-state index contributed by atoms with van der Waals surface area (Å²) in [7, 11) is 32.3. The second-order valence-corrected chi connectivity index (χ2v) is 11.2. The third kappa shape index (κ3) is 5.21. The van der Waals surface area contributed by atoms with Crippen LogP contribution in [0.5, 0.6) is 11.5 Å². The minimum Gasteiger partial charge on any atom is -0.459 e. The van der Waals surface area contributed by atoms with Gasteiger partial charge in [0.25, 0.3) is 0 Å². The lowest BCUT2D eigenvalue weighted by molar-refractivity contribution is 0.0828.